The van der Waals surface area contributed by atoms with E-state index in [1.54, 1.807) is 0 Å². The van der Waals surface area contributed by atoms with E-state index in [2.05, 4.69) is 28.2 Å². The molecular weight excluding hydrogens is 186 g/mol. The van der Waals surface area contributed by atoms with Gasteiger partial charge >= 0.3 is 0 Å². The second-order valence-electron chi connectivity index (χ2n) is 4.08. The van der Waals surface area contributed by atoms with Gasteiger partial charge in [-0.25, -0.2) is 0 Å². The average molecular weight is 205 g/mol. The molecule has 82 valence electrons. The molecule has 3 heteroatoms. The van der Waals surface area contributed by atoms with Gasteiger partial charge in [-0.15, -0.1) is 0 Å². The Morgan fingerprint density at radius 1 is 1.53 bits per heavy atom. The summed E-state index contributed by atoms with van der Waals surface area (Å²) >= 11 is 0. The third kappa shape index (κ3) is 2.69. The maximum Gasteiger partial charge on any atom is 0.0564 e. The highest BCUT2D eigenvalue weighted by Gasteiger charge is 2.27. The predicted octanol–water partition coefficient (Wildman–Crippen LogP) is 2.11. The first-order valence-electron chi connectivity index (χ1n) is 5.70. The number of nitrogens with one attached hydrogen (secondary N) is 1. The largest absolute Gasteiger partial charge is 0.388 e. The highest BCUT2D eigenvalue weighted by molar-refractivity contribution is 5.42. The Balaban J connectivity index is 2.01. The molecule has 0 atom stereocenters. The van der Waals surface area contributed by atoms with Crippen molar-refractivity contribution in [3.8, 4) is 0 Å². The summed E-state index contributed by atoms with van der Waals surface area (Å²) in [4.78, 5) is 6.91. The number of anilines is 1. The molecule has 0 aliphatic heterocycles. The summed E-state index contributed by atoms with van der Waals surface area (Å²) in [5.74, 6) is 0. The van der Waals surface area contributed by atoms with Crippen LogP contribution in [0.15, 0.2) is 18.3 Å². The zero-order valence-corrected chi connectivity index (χ0v) is 9.53. The average Bonchev–Trinajstić information content (AvgIpc) is 3.10. The van der Waals surface area contributed by atoms with Gasteiger partial charge in [0.2, 0.25) is 0 Å². The van der Waals surface area contributed by atoms with Gasteiger partial charge in [-0.2, -0.15) is 0 Å². The van der Waals surface area contributed by atoms with Crippen LogP contribution in [0.2, 0.25) is 0 Å². The van der Waals surface area contributed by atoms with E-state index in [0.717, 1.165) is 30.5 Å². The van der Waals surface area contributed by atoms with E-state index in [4.69, 9.17) is 0 Å². The Hall–Kier alpha value is -1.09. The summed E-state index contributed by atoms with van der Waals surface area (Å²) in [7, 11) is 1.94. The van der Waals surface area contributed by atoms with Gasteiger partial charge in [0.05, 0.1) is 5.69 Å². The van der Waals surface area contributed by atoms with Crippen LogP contribution in [0.25, 0.3) is 0 Å². The summed E-state index contributed by atoms with van der Waals surface area (Å²) in [5.41, 5.74) is 2.31. The van der Waals surface area contributed by atoms with E-state index in [9.17, 15) is 0 Å². The van der Waals surface area contributed by atoms with Crippen molar-refractivity contribution < 1.29 is 0 Å². The van der Waals surface area contributed by atoms with Crippen LogP contribution in [-0.4, -0.2) is 29.5 Å². The van der Waals surface area contributed by atoms with Crippen molar-refractivity contribution in [1.82, 2.24) is 9.88 Å². The van der Waals surface area contributed by atoms with Gasteiger partial charge in [-0.05, 0) is 31.5 Å². The fourth-order valence-corrected chi connectivity index (χ4v) is 1.87. The fraction of sp³-hybridized carbons (Fsp3) is 0.583. The van der Waals surface area contributed by atoms with Gasteiger partial charge in [-0.1, -0.05) is 6.92 Å². The molecule has 15 heavy (non-hydrogen) atoms. The van der Waals surface area contributed by atoms with Crippen molar-refractivity contribution in [3.63, 3.8) is 0 Å². The highest BCUT2D eigenvalue weighted by atomic mass is 15.2. The van der Waals surface area contributed by atoms with Gasteiger partial charge in [0.15, 0.2) is 0 Å². The van der Waals surface area contributed by atoms with Crippen LogP contribution >= 0.6 is 0 Å². The molecule has 0 bridgehead atoms. The second-order valence-corrected chi connectivity index (χ2v) is 4.08. The number of hydrogen-bond donors (Lipinski definition) is 1. The molecule has 0 amide bonds. The van der Waals surface area contributed by atoms with E-state index >= 15 is 0 Å². The summed E-state index contributed by atoms with van der Waals surface area (Å²) < 4.78 is 0. The molecule has 1 aromatic rings. The van der Waals surface area contributed by atoms with Crippen LogP contribution in [0.4, 0.5) is 5.69 Å². The van der Waals surface area contributed by atoms with E-state index in [0.29, 0.717) is 0 Å². The molecule has 1 saturated carbocycles. The van der Waals surface area contributed by atoms with Gasteiger partial charge in [0.25, 0.3) is 0 Å². The SMILES string of the molecule is CCN(Cc1cc(NC)ccn1)C1CC1. The van der Waals surface area contributed by atoms with Gasteiger partial charge in [-0.3, -0.25) is 9.88 Å². The molecule has 0 saturated heterocycles. The Bertz CT molecular complexity index is 320. The summed E-state index contributed by atoms with van der Waals surface area (Å²) in [6, 6.07) is 4.94. The smallest absolute Gasteiger partial charge is 0.0564 e. The summed E-state index contributed by atoms with van der Waals surface area (Å²) in [5, 5.41) is 3.14. The Kier molecular flexibility index (Phi) is 3.21. The standard InChI is InChI=1S/C12H19N3/c1-3-15(12-4-5-12)9-11-8-10(13-2)6-7-14-11/h6-8,12H,3-5,9H2,1-2H3,(H,13,14). The first kappa shape index (κ1) is 10.4. The molecule has 0 unspecified atom stereocenters. The molecule has 1 fully saturated rings. The minimum atomic E-state index is 0.815. The van der Waals surface area contributed by atoms with Crippen LogP contribution in [0.3, 0.4) is 0 Å². The topological polar surface area (TPSA) is 28.2 Å². The van der Waals surface area contributed by atoms with E-state index < -0.39 is 0 Å². The minimum absolute atomic E-state index is 0.815. The van der Waals surface area contributed by atoms with Crippen LogP contribution in [0.5, 0.6) is 0 Å². The third-order valence-electron chi connectivity index (χ3n) is 2.94. The van der Waals surface area contributed by atoms with Gasteiger partial charge in [0, 0.05) is 31.5 Å². The molecule has 1 aromatic heterocycles. The predicted molar refractivity (Wildman–Crippen MR) is 62.9 cm³/mol. The normalized spacial score (nSPS) is 15.7. The van der Waals surface area contributed by atoms with Crippen molar-refractivity contribution in [1.29, 1.82) is 0 Å². The van der Waals surface area contributed by atoms with Crippen molar-refractivity contribution in [3.05, 3.63) is 24.0 Å². The summed E-state index contributed by atoms with van der Waals surface area (Å²) in [6.07, 6.45) is 4.60. The maximum absolute atomic E-state index is 4.40. The third-order valence-corrected chi connectivity index (χ3v) is 2.94. The van der Waals surface area contributed by atoms with Gasteiger partial charge < -0.3 is 5.32 Å². The molecule has 3 nitrogen and oxygen atoms in total. The lowest BCUT2D eigenvalue weighted by molar-refractivity contribution is 0.266. The number of nitrogens with zero attached hydrogens (tertiary/aromatic N) is 2. The zero-order valence-electron chi connectivity index (χ0n) is 9.53. The fourth-order valence-electron chi connectivity index (χ4n) is 1.87. The second kappa shape index (κ2) is 4.62. The number of aromatic nitrogens is 1. The molecule has 1 heterocycles. The van der Waals surface area contributed by atoms with E-state index in [1.807, 2.05) is 19.3 Å². The minimum Gasteiger partial charge on any atom is -0.388 e. The van der Waals surface area contributed by atoms with Crippen molar-refractivity contribution in [2.75, 3.05) is 18.9 Å². The van der Waals surface area contributed by atoms with Crippen molar-refractivity contribution >= 4 is 5.69 Å². The Labute approximate surface area is 91.5 Å². The molecule has 1 N–H and O–H groups in total. The molecule has 1 aliphatic carbocycles. The van der Waals surface area contributed by atoms with E-state index in [1.165, 1.54) is 12.8 Å². The molecule has 0 radical (unpaired) electrons. The highest BCUT2D eigenvalue weighted by Crippen LogP contribution is 2.27. The van der Waals surface area contributed by atoms with Crippen molar-refractivity contribution in [2.24, 2.45) is 0 Å². The lowest BCUT2D eigenvalue weighted by Crippen LogP contribution is -2.25. The lowest BCUT2D eigenvalue weighted by atomic mass is 10.3. The Morgan fingerprint density at radius 3 is 2.93 bits per heavy atom. The Morgan fingerprint density at radius 2 is 2.33 bits per heavy atom. The molecule has 2 rings (SSSR count). The van der Waals surface area contributed by atoms with Crippen LogP contribution < -0.4 is 5.32 Å². The maximum atomic E-state index is 4.40. The molecule has 1 aliphatic rings. The first-order chi connectivity index (χ1) is 7.33. The monoisotopic (exact) mass is 205 g/mol. The number of hydrogen-bond acceptors (Lipinski definition) is 3. The molecule has 0 spiro atoms. The summed E-state index contributed by atoms with van der Waals surface area (Å²) in [6.45, 7) is 4.33. The molecular formula is C12H19N3. The van der Waals surface area contributed by atoms with Crippen LogP contribution in [-0.2, 0) is 6.54 Å². The van der Waals surface area contributed by atoms with Crippen LogP contribution in [0, 0.1) is 0 Å². The van der Waals surface area contributed by atoms with Crippen molar-refractivity contribution in [2.45, 2.75) is 32.4 Å². The quantitative estimate of drug-likeness (QED) is 0.798. The first-order valence-corrected chi connectivity index (χ1v) is 5.70. The van der Waals surface area contributed by atoms with E-state index in [-0.39, 0.29) is 0 Å². The zero-order chi connectivity index (χ0) is 10.7. The van der Waals surface area contributed by atoms with Crippen LogP contribution in [0.1, 0.15) is 25.5 Å². The molecule has 0 aromatic carbocycles. The number of rotatable bonds is 5. The number of pyridine rings is 1. The lowest BCUT2D eigenvalue weighted by Gasteiger charge is -2.19. The van der Waals surface area contributed by atoms with Gasteiger partial charge in [0.1, 0.15) is 0 Å².